The number of carbonyl (C=O) groups is 3. The molecule has 3 rings (SSSR count). The van der Waals surface area contributed by atoms with Crippen molar-refractivity contribution in [1.82, 2.24) is 9.80 Å². The Morgan fingerprint density at radius 3 is 2.21 bits per heavy atom. The Hall–Kier alpha value is -3.81. The highest BCUT2D eigenvalue weighted by molar-refractivity contribution is 5.93. The summed E-state index contributed by atoms with van der Waals surface area (Å²) in [4.78, 5) is 42.9. The molecule has 0 spiro atoms. The van der Waals surface area contributed by atoms with Crippen LogP contribution in [0.5, 0.6) is 0 Å². The third-order valence-corrected chi connectivity index (χ3v) is 7.64. The average Bonchev–Trinajstić information content (AvgIpc) is 2.96. The van der Waals surface area contributed by atoms with Crippen LogP contribution in [0.4, 0.5) is 0 Å². The third-order valence-electron chi connectivity index (χ3n) is 7.64. The Morgan fingerprint density at radius 1 is 0.929 bits per heavy atom. The third kappa shape index (κ3) is 9.64. The second-order valence-corrected chi connectivity index (χ2v) is 12.1. The van der Waals surface area contributed by atoms with Crippen LogP contribution in [0.3, 0.4) is 0 Å². The van der Waals surface area contributed by atoms with Crippen molar-refractivity contribution in [3.05, 3.63) is 96.1 Å². The minimum atomic E-state index is -0.721. The molecule has 0 saturated carbocycles. The van der Waals surface area contributed by atoms with Crippen LogP contribution in [-0.4, -0.2) is 65.7 Å². The number of nitrogens with two attached hydrogens (primary N) is 2. The van der Waals surface area contributed by atoms with E-state index in [9.17, 15) is 14.4 Å². The average molecular weight is 571 g/mol. The van der Waals surface area contributed by atoms with Gasteiger partial charge in [0.25, 0.3) is 0 Å². The SMILES string of the molecule is CC(N)C(=O)CC[C@H](CN(C)C(=O)[C@@H](Cc1ccc2ccccc2c1)N(C)C(=O)/C=C/CC(C)(C)N)c1ccccc1. The standard InChI is InChI=1S/C35H46N4O3/c1-25(36)32(40)20-19-30(27-12-7-6-8-13-27)24-38(4)34(42)31(39(5)33(41)16-11-21-35(2,3)37)23-26-17-18-28-14-9-10-15-29(28)22-26/h6-18,22,25,30-31H,19-21,23-24,36-37H2,1-5H3/b16-11+/t25?,30-,31-/m1/s1. The fourth-order valence-corrected chi connectivity index (χ4v) is 5.02. The molecule has 0 radical (unpaired) electrons. The molecule has 3 aromatic carbocycles. The molecule has 0 aliphatic rings. The van der Waals surface area contributed by atoms with Gasteiger partial charge in [-0.15, -0.1) is 0 Å². The van der Waals surface area contributed by atoms with Crippen LogP contribution in [0.1, 0.15) is 57.1 Å². The van der Waals surface area contributed by atoms with Gasteiger partial charge in [0.1, 0.15) is 11.8 Å². The van der Waals surface area contributed by atoms with E-state index in [1.54, 1.807) is 32.0 Å². The zero-order valence-electron chi connectivity index (χ0n) is 25.6. The highest BCUT2D eigenvalue weighted by Gasteiger charge is 2.30. The summed E-state index contributed by atoms with van der Waals surface area (Å²) in [5.74, 6) is -0.478. The fourth-order valence-electron chi connectivity index (χ4n) is 5.02. The van der Waals surface area contributed by atoms with Crippen LogP contribution in [0.15, 0.2) is 84.9 Å². The molecular weight excluding hydrogens is 524 g/mol. The lowest BCUT2D eigenvalue weighted by Crippen LogP contribution is -2.50. The number of ketones is 1. The number of Topliss-reactive ketones (excluding diaryl/α,β-unsaturated/α-hetero) is 1. The molecule has 0 aliphatic heterocycles. The molecule has 0 saturated heterocycles. The number of likely N-dealkylation sites (N-methyl/N-ethyl adjacent to an activating group) is 2. The smallest absolute Gasteiger partial charge is 0.246 e. The molecule has 3 atom stereocenters. The minimum absolute atomic E-state index is 0.00290. The summed E-state index contributed by atoms with van der Waals surface area (Å²) < 4.78 is 0. The van der Waals surface area contributed by atoms with E-state index in [0.717, 1.165) is 21.9 Å². The molecule has 0 heterocycles. The summed E-state index contributed by atoms with van der Waals surface area (Å²) in [6.07, 6.45) is 5.08. The molecular formula is C35H46N4O3. The van der Waals surface area contributed by atoms with E-state index in [1.165, 1.54) is 11.0 Å². The van der Waals surface area contributed by atoms with Crippen molar-refractivity contribution >= 4 is 28.4 Å². The molecule has 42 heavy (non-hydrogen) atoms. The molecule has 224 valence electrons. The second kappa shape index (κ2) is 14.9. The van der Waals surface area contributed by atoms with E-state index in [4.69, 9.17) is 11.5 Å². The fraction of sp³-hybridized carbons (Fsp3) is 0.400. The number of hydrogen-bond acceptors (Lipinski definition) is 5. The predicted molar refractivity (Wildman–Crippen MR) is 171 cm³/mol. The van der Waals surface area contributed by atoms with E-state index in [0.29, 0.717) is 32.2 Å². The number of rotatable bonds is 14. The molecule has 7 heteroatoms. The zero-order chi connectivity index (χ0) is 30.9. The molecule has 1 unspecified atom stereocenters. The maximum absolute atomic E-state index is 14.1. The summed E-state index contributed by atoms with van der Waals surface area (Å²) in [6.45, 7) is 5.90. The molecule has 2 amide bonds. The summed E-state index contributed by atoms with van der Waals surface area (Å²) in [7, 11) is 3.44. The van der Waals surface area contributed by atoms with Crippen LogP contribution in [-0.2, 0) is 20.8 Å². The molecule has 4 N–H and O–H groups in total. The normalized spacial score (nSPS) is 14.0. The number of nitrogens with zero attached hydrogens (tertiary/aromatic N) is 2. The van der Waals surface area contributed by atoms with Gasteiger partial charge in [-0.25, -0.2) is 0 Å². The van der Waals surface area contributed by atoms with Gasteiger partial charge < -0.3 is 21.3 Å². The van der Waals surface area contributed by atoms with E-state index in [2.05, 4.69) is 12.1 Å². The van der Waals surface area contributed by atoms with Gasteiger partial charge in [0.15, 0.2) is 0 Å². The van der Waals surface area contributed by atoms with Crippen molar-refractivity contribution in [2.45, 2.75) is 70.0 Å². The first kappa shape index (κ1) is 32.7. The van der Waals surface area contributed by atoms with E-state index in [1.807, 2.05) is 74.5 Å². The quantitative estimate of drug-likeness (QED) is 0.270. The van der Waals surface area contributed by atoms with Gasteiger partial charge in [0, 0.05) is 44.9 Å². The zero-order valence-corrected chi connectivity index (χ0v) is 25.6. The molecule has 7 nitrogen and oxygen atoms in total. The van der Waals surface area contributed by atoms with Crippen molar-refractivity contribution in [3.8, 4) is 0 Å². The van der Waals surface area contributed by atoms with Crippen LogP contribution in [0.25, 0.3) is 10.8 Å². The maximum atomic E-state index is 14.1. The van der Waals surface area contributed by atoms with E-state index in [-0.39, 0.29) is 23.5 Å². The highest BCUT2D eigenvalue weighted by atomic mass is 16.2. The maximum Gasteiger partial charge on any atom is 0.246 e. The predicted octanol–water partition coefficient (Wildman–Crippen LogP) is 4.83. The lowest BCUT2D eigenvalue weighted by atomic mass is 9.91. The number of amides is 2. The van der Waals surface area contributed by atoms with Gasteiger partial charge in [0.05, 0.1) is 6.04 Å². The topological polar surface area (TPSA) is 110 Å². The Balaban J connectivity index is 1.87. The number of fused-ring (bicyclic) bond motifs is 1. The first-order valence-electron chi connectivity index (χ1n) is 14.6. The first-order valence-corrected chi connectivity index (χ1v) is 14.6. The van der Waals surface area contributed by atoms with Crippen molar-refractivity contribution < 1.29 is 14.4 Å². The van der Waals surface area contributed by atoms with Crippen molar-refractivity contribution in [2.24, 2.45) is 11.5 Å². The summed E-state index contributed by atoms with van der Waals surface area (Å²) in [6, 6.07) is 22.9. The molecule has 0 aromatic heterocycles. The lowest BCUT2D eigenvalue weighted by Gasteiger charge is -2.32. The van der Waals surface area contributed by atoms with Gasteiger partial charge >= 0.3 is 0 Å². The van der Waals surface area contributed by atoms with Gasteiger partial charge in [-0.05, 0) is 61.6 Å². The van der Waals surface area contributed by atoms with Gasteiger partial charge in [-0.3, -0.25) is 14.4 Å². The van der Waals surface area contributed by atoms with Gasteiger partial charge in [0.2, 0.25) is 11.8 Å². The Bertz CT molecular complexity index is 1380. The number of hydrogen-bond donors (Lipinski definition) is 2. The molecule has 0 aliphatic carbocycles. The lowest BCUT2D eigenvalue weighted by molar-refractivity contribution is -0.141. The second-order valence-electron chi connectivity index (χ2n) is 12.1. The molecule has 3 aromatic rings. The summed E-state index contributed by atoms with van der Waals surface area (Å²) in [5, 5.41) is 2.20. The van der Waals surface area contributed by atoms with Crippen LogP contribution in [0.2, 0.25) is 0 Å². The minimum Gasteiger partial charge on any atom is -0.343 e. The van der Waals surface area contributed by atoms with Crippen molar-refractivity contribution in [3.63, 3.8) is 0 Å². The first-order chi connectivity index (χ1) is 19.9. The monoisotopic (exact) mass is 570 g/mol. The van der Waals surface area contributed by atoms with Gasteiger partial charge in [-0.1, -0.05) is 78.9 Å². The van der Waals surface area contributed by atoms with Crippen LogP contribution in [0, 0.1) is 0 Å². The van der Waals surface area contributed by atoms with E-state index >= 15 is 0 Å². The summed E-state index contributed by atoms with van der Waals surface area (Å²) in [5.41, 5.74) is 13.5. The number of carbonyl (C=O) groups excluding carboxylic acids is 3. The van der Waals surface area contributed by atoms with Gasteiger partial charge in [-0.2, -0.15) is 0 Å². The largest absolute Gasteiger partial charge is 0.343 e. The Kier molecular flexibility index (Phi) is 11.6. The van der Waals surface area contributed by atoms with Crippen molar-refractivity contribution in [2.75, 3.05) is 20.6 Å². The van der Waals surface area contributed by atoms with E-state index < -0.39 is 17.6 Å². The Morgan fingerprint density at radius 2 is 1.57 bits per heavy atom. The Labute approximate surface area is 250 Å². The number of benzene rings is 3. The molecule has 0 fully saturated rings. The van der Waals surface area contributed by atoms with Crippen LogP contribution < -0.4 is 11.5 Å². The van der Waals surface area contributed by atoms with Crippen molar-refractivity contribution in [1.29, 1.82) is 0 Å². The van der Waals surface area contributed by atoms with Crippen LogP contribution >= 0.6 is 0 Å². The summed E-state index contributed by atoms with van der Waals surface area (Å²) >= 11 is 0. The molecule has 0 bridgehead atoms. The highest BCUT2D eigenvalue weighted by Crippen LogP contribution is 2.24.